The van der Waals surface area contributed by atoms with Crippen molar-refractivity contribution in [1.82, 2.24) is 25.1 Å². The summed E-state index contributed by atoms with van der Waals surface area (Å²) >= 11 is 0. The first-order valence-electron chi connectivity index (χ1n) is 6.32. The van der Waals surface area contributed by atoms with Crippen molar-refractivity contribution in [2.24, 2.45) is 0 Å². The zero-order valence-corrected chi connectivity index (χ0v) is 10.7. The second-order valence-corrected chi connectivity index (χ2v) is 4.27. The number of fused-ring (bicyclic) bond motifs is 1. The van der Waals surface area contributed by atoms with Gasteiger partial charge >= 0.3 is 0 Å². The van der Waals surface area contributed by atoms with Crippen LogP contribution < -0.4 is 5.32 Å². The van der Waals surface area contributed by atoms with E-state index >= 15 is 0 Å². The molecular formula is C14H15N5. The smallest absolute Gasteiger partial charge is 0.163 e. The molecular weight excluding hydrogens is 238 g/mol. The molecule has 0 aliphatic heterocycles. The summed E-state index contributed by atoms with van der Waals surface area (Å²) in [6.45, 7) is 3.86. The highest BCUT2D eigenvalue weighted by Gasteiger charge is 2.08. The molecule has 19 heavy (non-hydrogen) atoms. The van der Waals surface area contributed by atoms with Gasteiger partial charge in [-0.2, -0.15) is 5.10 Å². The number of benzene rings is 1. The normalized spacial score (nSPS) is 11.0. The van der Waals surface area contributed by atoms with Crippen molar-refractivity contribution in [3.8, 4) is 5.82 Å². The summed E-state index contributed by atoms with van der Waals surface area (Å²) < 4.78 is 1.69. The topological polar surface area (TPSA) is 55.6 Å². The van der Waals surface area contributed by atoms with E-state index < -0.39 is 0 Å². The Morgan fingerprint density at radius 2 is 2.05 bits per heavy atom. The summed E-state index contributed by atoms with van der Waals surface area (Å²) in [4.78, 5) is 8.50. The molecule has 5 nitrogen and oxygen atoms in total. The highest BCUT2D eigenvalue weighted by atomic mass is 15.3. The number of hydrogen-bond donors (Lipinski definition) is 1. The maximum atomic E-state index is 4.52. The molecule has 2 heterocycles. The molecule has 0 aliphatic rings. The number of aromatic nitrogens is 4. The van der Waals surface area contributed by atoms with E-state index in [9.17, 15) is 0 Å². The minimum absolute atomic E-state index is 0.813. The third-order valence-corrected chi connectivity index (χ3v) is 3.06. The van der Waals surface area contributed by atoms with Crippen LogP contribution in [-0.4, -0.2) is 26.3 Å². The molecule has 0 radical (unpaired) electrons. The van der Waals surface area contributed by atoms with Gasteiger partial charge in [0.2, 0.25) is 0 Å². The van der Waals surface area contributed by atoms with Crippen LogP contribution in [0.4, 0.5) is 0 Å². The number of pyridine rings is 1. The lowest BCUT2D eigenvalue weighted by molar-refractivity contribution is 0.727. The number of nitrogens with zero attached hydrogens (tertiary/aromatic N) is 4. The van der Waals surface area contributed by atoms with Gasteiger partial charge < -0.3 is 5.32 Å². The SMILES string of the molecule is CCNCc1cnc(-n2cncn2)c2ccccc12. The number of rotatable bonds is 4. The number of nitrogens with one attached hydrogen (secondary N) is 1. The molecule has 3 rings (SSSR count). The van der Waals surface area contributed by atoms with Gasteiger partial charge in [-0.3, -0.25) is 0 Å². The van der Waals surface area contributed by atoms with Crippen LogP contribution in [0.25, 0.3) is 16.6 Å². The fraction of sp³-hybridized carbons (Fsp3) is 0.214. The Morgan fingerprint density at radius 3 is 2.79 bits per heavy atom. The average molecular weight is 253 g/mol. The molecule has 3 aromatic rings. The van der Waals surface area contributed by atoms with Gasteiger partial charge in [0, 0.05) is 18.1 Å². The molecule has 0 bridgehead atoms. The van der Waals surface area contributed by atoms with Crippen LogP contribution in [0.2, 0.25) is 0 Å². The van der Waals surface area contributed by atoms with Gasteiger partial charge in [0.05, 0.1) is 0 Å². The lowest BCUT2D eigenvalue weighted by atomic mass is 10.1. The van der Waals surface area contributed by atoms with Crippen molar-refractivity contribution < 1.29 is 0 Å². The fourth-order valence-electron chi connectivity index (χ4n) is 2.14. The second kappa shape index (κ2) is 5.16. The van der Waals surface area contributed by atoms with Crippen molar-refractivity contribution >= 4 is 10.8 Å². The predicted molar refractivity (Wildman–Crippen MR) is 74.0 cm³/mol. The van der Waals surface area contributed by atoms with Gasteiger partial charge in [-0.05, 0) is 17.5 Å². The molecule has 0 amide bonds. The number of hydrogen-bond acceptors (Lipinski definition) is 4. The Kier molecular flexibility index (Phi) is 3.20. The first kappa shape index (κ1) is 11.8. The Balaban J connectivity index is 2.16. The van der Waals surface area contributed by atoms with E-state index in [0.29, 0.717) is 0 Å². The Morgan fingerprint density at radius 1 is 1.21 bits per heavy atom. The quantitative estimate of drug-likeness (QED) is 0.772. The van der Waals surface area contributed by atoms with Gasteiger partial charge in [0.25, 0.3) is 0 Å². The molecule has 0 fully saturated rings. The third kappa shape index (κ3) is 2.20. The third-order valence-electron chi connectivity index (χ3n) is 3.06. The minimum atomic E-state index is 0.813. The zero-order chi connectivity index (χ0) is 13.1. The molecule has 0 saturated heterocycles. The van der Waals surface area contributed by atoms with Crippen LogP contribution in [0.1, 0.15) is 12.5 Å². The second-order valence-electron chi connectivity index (χ2n) is 4.27. The average Bonchev–Trinajstić information content (AvgIpc) is 2.98. The standard InChI is InChI=1S/C14H15N5/c1-2-15-7-11-8-17-14(19-10-16-9-18-19)13-6-4-3-5-12(11)13/h3-6,8-10,15H,2,7H2,1H3. The zero-order valence-electron chi connectivity index (χ0n) is 10.7. The highest BCUT2D eigenvalue weighted by Crippen LogP contribution is 2.22. The Hall–Kier alpha value is -2.27. The molecule has 5 heteroatoms. The minimum Gasteiger partial charge on any atom is -0.313 e. The molecule has 2 aromatic heterocycles. The molecule has 0 atom stereocenters. The van der Waals surface area contributed by atoms with Crippen LogP contribution in [-0.2, 0) is 6.54 Å². The van der Waals surface area contributed by atoms with Crippen LogP contribution in [0.3, 0.4) is 0 Å². The van der Waals surface area contributed by atoms with E-state index in [2.05, 4.69) is 39.4 Å². The summed E-state index contributed by atoms with van der Waals surface area (Å²) in [6, 6.07) is 8.24. The van der Waals surface area contributed by atoms with E-state index in [1.807, 2.05) is 18.3 Å². The van der Waals surface area contributed by atoms with Gasteiger partial charge in [-0.25, -0.2) is 14.6 Å². The maximum Gasteiger partial charge on any atom is 0.163 e. The van der Waals surface area contributed by atoms with Gasteiger partial charge in [-0.15, -0.1) is 0 Å². The molecule has 0 spiro atoms. The van der Waals surface area contributed by atoms with E-state index in [-0.39, 0.29) is 0 Å². The Bertz CT molecular complexity index is 675. The molecule has 96 valence electrons. The van der Waals surface area contributed by atoms with E-state index in [0.717, 1.165) is 24.3 Å². The van der Waals surface area contributed by atoms with Crippen molar-refractivity contribution in [2.75, 3.05) is 6.54 Å². The van der Waals surface area contributed by atoms with Crippen LogP contribution in [0.5, 0.6) is 0 Å². The monoisotopic (exact) mass is 253 g/mol. The van der Waals surface area contributed by atoms with Crippen molar-refractivity contribution in [1.29, 1.82) is 0 Å². The lowest BCUT2D eigenvalue weighted by Gasteiger charge is -2.10. The van der Waals surface area contributed by atoms with Gasteiger partial charge in [0.15, 0.2) is 5.82 Å². The summed E-state index contributed by atoms with van der Waals surface area (Å²) in [5.41, 5.74) is 1.20. The molecule has 1 N–H and O–H groups in total. The largest absolute Gasteiger partial charge is 0.313 e. The molecule has 0 unspecified atom stereocenters. The van der Waals surface area contributed by atoms with Crippen LogP contribution >= 0.6 is 0 Å². The lowest BCUT2D eigenvalue weighted by Crippen LogP contribution is -2.13. The van der Waals surface area contributed by atoms with E-state index in [1.165, 1.54) is 17.3 Å². The maximum absolute atomic E-state index is 4.52. The first-order valence-corrected chi connectivity index (χ1v) is 6.32. The van der Waals surface area contributed by atoms with Crippen LogP contribution in [0, 0.1) is 0 Å². The van der Waals surface area contributed by atoms with Gasteiger partial charge in [-0.1, -0.05) is 31.2 Å². The first-order chi connectivity index (χ1) is 9.40. The van der Waals surface area contributed by atoms with E-state index in [4.69, 9.17) is 0 Å². The predicted octanol–water partition coefficient (Wildman–Crippen LogP) is 1.93. The molecule has 0 saturated carbocycles. The van der Waals surface area contributed by atoms with Gasteiger partial charge in [0.1, 0.15) is 12.7 Å². The van der Waals surface area contributed by atoms with Crippen LogP contribution in [0.15, 0.2) is 43.1 Å². The highest BCUT2D eigenvalue weighted by molar-refractivity contribution is 5.90. The van der Waals surface area contributed by atoms with Crippen molar-refractivity contribution in [3.05, 3.63) is 48.7 Å². The molecule has 0 aliphatic carbocycles. The summed E-state index contributed by atoms with van der Waals surface area (Å²) in [7, 11) is 0. The molecule has 1 aromatic carbocycles. The van der Waals surface area contributed by atoms with Crippen molar-refractivity contribution in [2.45, 2.75) is 13.5 Å². The Labute approximate surface area is 111 Å². The van der Waals surface area contributed by atoms with E-state index in [1.54, 1.807) is 11.0 Å². The summed E-state index contributed by atoms with van der Waals surface area (Å²) in [5, 5.41) is 9.78. The summed E-state index contributed by atoms with van der Waals surface area (Å²) in [5.74, 6) is 0.813. The summed E-state index contributed by atoms with van der Waals surface area (Å²) in [6.07, 6.45) is 5.09. The van der Waals surface area contributed by atoms with Crippen molar-refractivity contribution in [3.63, 3.8) is 0 Å². The fourth-order valence-corrected chi connectivity index (χ4v) is 2.14.